The van der Waals surface area contributed by atoms with Gasteiger partial charge in [0.1, 0.15) is 6.33 Å². The minimum Gasteiger partial charge on any atom is -0.348 e. The van der Waals surface area contributed by atoms with Crippen LogP contribution in [0.3, 0.4) is 0 Å². The molecule has 0 aliphatic carbocycles. The molecule has 8 heteroatoms. The fourth-order valence-electron chi connectivity index (χ4n) is 2.91. The molecule has 1 aromatic carbocycles. The maximum absolute atomic E-state index is 12.6. The van der Waals surface area contributed by atoms with E-state index >= 15 is 0 Å². The van der Waals surface area contributed by atoms with Gasteiger partial charge < -0.3 is 5.32 Å². The number of hydrogen-bond acceptors (Lipinski definition) is 7. The zero-order valence-electron chi connectivity index (χ0n) is 16.2. The van der Waals surface area contributed by atoms with Crippen LogP contribution in [0.1, 0.15) is 10.4 Å². The Bertz CT molecular complexity index is 1220. The van der Waals surface area contributed by atoms with E-state index in [1.807, 2.05) is 24.3 Å². The van der Waals surface area contributed by atoms with Crippen LogP contribution in [0.2, 0.25) is 0 Å². The molecule has 0 aliphatic heterocycles. The zero-order chi connectivity index (χ0) is 20.9. The topological polar surface area (TPSA) is 103 Å². The molecule has 0 atom stereocenters. The minimum atomic E-state index is -0.255. The summed E-state index contributed by atoms with van der Waals surface area (Å²) in [4.78, 5) is 41.4. The van der Waals surface area contributed by atoms with Crippen molar-refractivity contribution in [2.24, 2.45) is 7.05 Å². The highest BCUT2D eigenvalue weighted by Gasteiger charge is 2.11. The molecule has 0 saturated carbocycles. The summed E-state index contributed by atoms with van der Waals surface area (Å²) in [6.07, 6.45) is 6.46. The third-order valence-corrected chi connectivity index (χ3v) is 4.59. The second-order valence-corrected chi connectivity index (χ2v) is 6.55. The molecule has 8 nitrogen and oxygen atoms in total. The number of aromatic nitrogens is 5. The Labute approximate surface area is 172 Å². The van der Waals surface area contributed by atoms with E-state index in [-0.39, 0.29) is 23.8 Å². The lowest BCUT2D eigenvalue weighted by Crippen LogP contribution is -2.24. The number of hydrogen-bond donors (Lipinski definition) is 1. The molecule has 30 heavy (non-hydrogen) atoms. The largest absolute Gasteiger partial charge is 0.348 e. The Morgan fingerprint density at radius 2 is 1.83 bits per heavy atom. The first kappa shape index (κ1) is 19.1. The van der Waals surface area contributed by atoms with E-state index < -0.39 is 0 Å². The van der Waals surface area contributed by atoms with Crippen LogP contribution in [-0.2, 0) is 7.05 Å². The molecule has 0 saturated heterocycles. The number of rotatable bonds is 6. The van der Waals surface area contributed by atoms with Crippen molar-refractivity contribution in [2.45, 2.75) is 0 Å². The summed E-state index contributed by atoms with van der Waals surface area (Å²) in [6, 6.07) is 14.2. The first-order chi connectivity index (χ1) is 14.6. The third kappa shape index (κ3) is 4.12. The average Bonchev–Trinajstić information content (AvgIpc) is 2.81. The molecule has 0 bridgehead atoms. The van der Waals surface area contributed by atoms with E-state index in [9.17, 15) is 9.59 Å². The van der Waals surface area contributed by atoms with Crippen LogP contribution in [0.25, 0.3) is 22.5 Å². The highest BCUT2D eigenvalue weighted by atomic mass is 16.1. The third-order valence-electron chi connectivity index (χ3n) is 4.59. The van der Waals surface area contributed by atoms with Gasteiger partial charge in [-0.2, -0.15) is 0 Å². The van der Waals surface area contributed by atoms with Crippen molar-refractivity contribution in [1.29, 1.82) is 0 Å². The molecule has 4 rings (SSSR count). The van der Waals surface area contributed by atoms with Crippen LogP contribution in [0.5, 0.6) is 0 Å². The fraction of sp³-hybridized carbons (Fsp3) is 0.0909. The maximum atomic E-state index is 12.6. The molecule has 3 heterocycles. The second kappa shape index (κ2) is 8.44. The van der Waals surface area contributed by atoms with E-state index in [1.165, 1.54) is 17.0 Å². The molecule has 4 aromatic rings. The predicted molar refractivity (Wildman–Crippen MR) is 113 cm³/mol. The van der Waals surface area contributed by atoms with Crippen LogP contribution >= 0.6 is 0 Å². The van der Waals surface area contributed by atoms with Gasteiger partial charge in [-0.15, -0.1) is 0 Å². The molecular formula is C22H18N6O2. The Morgan fingerprint density at radius 3 is 2.53 bits per heavy atom. The van der Waals surface area contributed by atoms with Gasteiger partial charge in [0, 0.05) is 37.3 Å². The molecule has 0 unspecified atom stereocenters. The smallest absolute Gasteiger partial charge is 0.255 e. The first-order valence-electron chi connectivity index (χ1n) is 9.24. The zero-order valence-corrected chi connectivity index (χ0v) is 16.2. The Balaban J connectivity index is 1.50. The molecule has 0 aliphatic rings. The number of benzene rings is 1. The van der Waals surface area contributed by atoms with Crippen LogP contribution in [-0.4, -0.2) is 36.8 Å². The molecular weight excluding hydrogens is 380 g/mol. The predicted octanol–water partition coefficient (Wildman–Crippen LogP) is 2.59. The van der Waals surface area contributed by atoms with Crippen molar-refractivity contribution in [3.05, 3.63) is 89.4 Å². The minimum absolute atomic E-state index is 0.000252. The lowest BCUT2D eigenvalue weighted by Gasteiger charge is -2.11. The van der Waals surface area contributed by atoms with E-state index in [4.69, 9.17) is 0 Å². The summed E-state index contributed by atoms with van der Waals surface area (Å²) in [7, 11) is 1.59. The van der Waals surface area contributed by atoms with Crippen molar-refractivity contribution >= 4 is 11.7 Å². The molecule has 1 N–H and O–H groups in total. The van der Waals surface area contributed by atoms with E-state index in [0.29, 0.717) is 17.0 Å². The van der Waals surface area contributed by atoms with Gasteiger partial charge in [0.2, 0.25) is 5.95 Å². The quantitative estimate of drug-likeness (QED) is 0.498. The first-order valence-corrected chi connectivity index (χ1v) is 9.24. The number of carbonyl (C=O) groups excluding carboxylic acids is 1. The van der Waals surface area contributed by atoms with Crippen molar-refractivity contribution in [1.82, 2.24) is 24.5 Å². The number of carbonyl (C=O) groups is 1. The van der Waals surface area contributed by atoms with E-state index in [0.717, 1.165) is 11.1 Å². The lowest BCUT2D eigenvalue weighted by atomic mass is 10.0. The van der Waals surface area contributed by atoms with Crippen molar-refractivity contribution in [3.8, 4) is 22.5 Å². The van der Waals surface area contributed by atoms with Crippen LogP contribution in [0.15, 0.2) is 78.2 Å². The molecule has 0 radical (unpaired) electrons. The maximum Gasteiger partial charge on any atom is 0.255 e. The van der Waals surface area contributed by atoms with Crippen molar-refractivity contribution < 1.29 is 4.79 Å². The summed E-state index contributed by atoms with van der Waals surface area (Å²) in [5.74, 6) is 0.172. The van der Waals surface area contributed by atoms with E-state index in [1.54, 1.807) is 43.8 Å². The Hall–Kier alpha value is -4.20. The van der Waals surface area contributed by atoms with Crippen molar-refractivity contribution in [2.75, 3.05) is 11.9 Å². The van der Waals surface area contributed by atoms with Gasteiger partial charge in [-0.05, 0) is 23.3 Å². The van der Waals surface area contributed by atoms with Crippen LogP contribution < -0.4 is 10.9 Å². The highest BCUT2D eigenvalue weighted by Crippen LogP contribution is 2.19. The Morgan fingerprint density at radius 1 is 1.00 bits per heavy atom. The van der Waals surface area contributed by atoms with E-state index in [2.05, 4.69) is 25.3 Å². The average molecular weight is 398 g/mol. The van der Waals surface area contributed by atoms with Gasteiger partial charge in [0.15, 0.2) is 5.78 Å². The van der Waals surface area contributed by atoms with Gasteiger partial charge in [-0.25, -0.2) is 15.0 Å². The molecule has 3 aromatic heterocycles. The monoisotopic (exact) mass is 398 g/mol. The number of pyridine rings is 1. The fourth-order valence-corrected chi connectivity index (χ4v) is 2.91. The number of Topliss-reactive ketones (excluding diaryl/α,β-unsaturated/α-hetero) is 1. The lowest BCUT2D eigenvalue weighted by molar-refractivity contribution is 0.101. The number of nitrogens with one attached hydrogen (secondary N) is 1. The van der Waals surface area contributed by atoms with Crippen molar-refractivity contribution in [3.63, 3.8) is 0 Å². The Kier molecular flexibility index (Phi) is 5.38. The summed E-state index contributed by atoms with van der Waals surface area (Å²) in [5.41, 5.74) is 3.21. The molecule has 0 spiro atoms. The van der Waals surface area contributed by atoms with Gasteiger partial charge in [-0.1, -0.05) is 30.3 Å². The normalized spacial score (nSPS) is 10.6. The summed E-state index contributed by atoms with van der Waals surface area (Å²) < 4.78 is 1.35. The van der Waals surface area contributed by atoms with Crippen LogP contribution in [0.4, 0.5) is 5.95 Å². The molecule has 0 amide bonds. The molecule has 148 valence electrons. The number of anilines is 1. The number of ketones is 1. The summed E-state index contributed by atoms with van der Waals surface area (Å²) in [6.45, 7) is -0.000252. The van der Waals surface area contributed by atoms with Gasteiger partial charge in [-0.3, -0.25) is 19.1 Å². The highest BCUT2D eigenvalue weighted by molar-refractivity contribution is 5.99. The second-order valence-electron chi connectivity index (χ2n) is 6.55. The summed E-state index contributed by atoms with van der Waals surface area (Å²) in [5, 5.41) is 2.96. The summed E-state index contributed by atoms with van der Waals surface area (Å²) >= 11 is 0. The standard InChI is InChI=1S/C22H18N6O2/c1-28-21(30)11-19(18-8-10-24-14-26-18)27-22(28)25-13-20(29)16-6-4-15(5-7-16)17-3-2-9-23-12-17/h2-12,14H,13H2,1H3,(H,25,27). The van der Waals surface area contributed by atoms with Gasteiger partial charge >= 0.3 is 0 Å². The molecule has 0 fully saturated rings. The van der Waals surface area contributed by atoms with Gasteiger partial charge in [0.05, 0.1) is 17.9 Å². The SMILES string of the molecule is Cn1c(NCC(=O)c2ccc(-c3cccnc3)cc2)nc(-c2ccncn2)cc1=O. The van der Waals surface area contributed by atoms with Crippen LogP contribution in [0, 0.1) is 0 Å². The number of nitrogens with zero attached hydrogens (tertiary/aromatic N) is 5. The van der Waals surface area contributed by atoms with Gasteiger partial charge in [0.25, 0.3) is 5.56 Å².